The molecule has 26 heavy (non-hydrogen) atoms. The molecule has 0 spiro atoms. The van der Waals surface area contributed by atoms with Gasteiger partial charge in [-0.1, -0.05) is 0 Å². The maximum absolute atomic E-state index is 6.28. The molecule has 8 nitrogen and oxygen atoms in total. The minimum absolute atomic E-state index is 0.0843. The number of aromatic nitrogens is 4. The van der Waals surface area contributed by atoms with Gasteiger partial charge < -0.3 is 19.9 Å². The summed E-state index contributed by atoms with van der Waals surface area (Å²) in [5, 5.41) is 0. The van der Waals surface area contributed by atoms with Gasteiger partial charge in [0.05, 0.1) is 30.2 Å². The molecule has 2 N–H and O–H groups in total. The summed E-state index contributed by atoms with van der Waals surface area (Å²) in [7, 11) is 0. The van der Waals surface area contributed by atoms with Gasteiger partial charge in [0.1, 0.15) is 24.2 Å². The first-order valence-corrected chi connectivity index (χ1v) is 8.94. The third-order valence-corrected chi connectivity index (χ3v) is 4.06. The number of rotatable bonds is 4. The van der Waals surface area contributed by atoms with E-state index in [1.807, 2.05) is 46.1 Å². The zero-order valence-corrected chi connectivity index (χ0v) is 16.4. The van der Waals surface area contributed by atoms with Crippen LogP contribution >= 0.6 is 0 Å². The predicted octanol–water partition coefficient (Wildman–Crippen LogP) is 2.69. The average Bonchev–Trinajstić information content (AvgIpc) is 3.07. The first kappa shape index (κ1) is 19.0. The van der Waals surface area contributed by atoms with Crippen molar-refractivity contribution in [1.82, 2.24) is 19.5 Å². The molecule has 3 heterocycles. The van der Waals surface area contributed by atoms with Gasteiger partial charge in [-0.3, -0.25) is 4.57 Å². The molecule has 8 heteroatoms. The summed E-state index contributed by atoms with van der Waals surface area (Å²) in [6.07, 6.45) is 3.32. The Hall–Kier alpha value is -1.77. The molecule has 1 saturated heterocycles. The van der Waals surface area contributed by atoms with Crippen LogP contribution in [-0.4, -0.2) is 49.5 Å². The Balaban J connectivity index is 1.83. The van der Waals surface area contributed by atoms with Crippen LogP contribution < -0.4 is 5.73 Å². The summed E-state index contributed by atoms with van der Waals surface area (Å²) in [4.78, 5) is 12.6. The highest BCUT2D eigenvalue weighted by Crippen LogP contribution is 2.35. The van der Waals surface area contributed by atoms with Crippen LogP contribution in [0.3, 0.4) is 0 Å². The standard InChI is InChI=1S/C18H29N5O3/c1-17(2,3)24-8-12-11(26-18(4,5)6)7-13(25-12)23-10-22-14-15(19)20-9-21-16(14)23/h9-13H,7-8H2,1-6H3,(H2,19,20,21)/t11-,12-,13-/m1/s1. The van der Waals surface area contributed by atoms with E-state index in [9.17, 15) is 0 Å². The molecular weight excluding hydrogens is 334 g/mol. The lowest BCUT2D eigenvalue weighted by atomic mass is 10.1. The largest absolute Gasteiger partial charge is 0.382 e. The van der Waals surface area contributed by atoms with Crippen LogP contribution in [0.15, 0.2) is 12.7 Å². The highest BCUT2D eigenvalue weighted by molar-refractivity contribution is 5.81. The minimum Gasteiger partial charge on any atom is -0.382 e. The molecule has 2 aromatic rings. The van der Waals surface area contributed by atoms with Gasteiger partial charge in [-0.25, -0.2) is 15.0 Å². The fourth-order valence-electron chi connectivity index (χ4n) is 3.01. The van der Waals surface area contributed by atoms with Crippen molar-refractivity contribution in [2.45, 2.75) is 77.6 Å². The zero-order chi connectivity index (χ0) is 19.1. The van der Waals surface area contributed by atoms with Crippen LogP contribution in [0.2, 0.25) is 0 Å². The van der Waals surface area contributed by atoms with Crippen molar-refractivity contribution in [2.75, 3.05) is 12.3 Å². The lowest BCUT2D eigenvalue weighted by Gasteiger charge is -2.29. The second-order valence-electron chi connectivity index (χ2n) is 8.64. The van der Waals surface area contributed by atoms with Gasteiger partial charge in [-0.2, -0.15) is 0 Å². The number of nitrogen functional groups attached to an aromatic ring is 1. The number of imidazole rings is 1. The van der Waals surface area contributed by atoms with E-state index in [0.29, 0.717) is 30.0 Å². The van der Waals surface area contributed by atoms with E-state index < -0.39 is 0 Å². The highest BCUT2D eigenvalue weighted by Gasteiger charge is 2.40. The Morgan fingerprint density at radius 2 is 1.88 bits per heavy atom. The van der Waals surface area contributed by atoms with E-state index >= 15 is 0 Å². The van der Waals surface area contributed by atoms with Crippen LogP contribution in [-0.2, 0) is 14.2 Å². The van der Waals surface area contributed by atoms with Gasteiger partial charge in [0.15, 0.2) is 11.5 Å². The number of anilines is 1. The Morgan fingerprint density at radius 1 is 1.15 bits per heavy atom. The van der Waals surface area contributed by atoms with Gasteiger partial charge in [-0.15, -0.1) is 0 Å². The minimum atomic E-state index is -0.271. The first-order chi connectivity index (χ1) is 12.0. The molecule has 2 aromatic heterocycles. The second-order valence-corrected chi connectivity index (χ2v) is 8.64. The van der Waals surface area contributed by atoms with Crippen molar-refractivity contribution >= 4 is 17.0 Å². The molecule has 0 aliphatic carbocycles. The second kappa shape index (κ2) is 6.75. The smallest absolute Gasteiger partial charge is 0.167 e. The fourth-order valence-corrected chi connectivity index (χ4v) is 3.01. The summed E-state index contributed by atoms with van der Waals surface area (Å²) < 4.78 is 20.4. The van der Waals surface area contributed by atoms with Crippen LogP contribution in [0, 0.1) is 0 Å². The highest BCUT2D eigenvalue weighted by atomic mass is 16.6. The van der Waals surface area contributed by atoms with E-state index in [0.717, 1.165) is 0 Å². The van der Waals surface area contributed by atoms with E-state index in [1.54, 1.807) is 6.33 Å². The zero-order valence-electron chi connectivity index (χ0n) is 16.4. The number of hydrogen-bond donors (Lipinski definition) is 1. The van der Waals surface area contributed by atoms with Crippen LogP contribution in [0.1, 0.15) is 54.2 Å². The molecule has 0 bridgehead atoms. The van der Waals surface area contributed by atoms with Crippen LogP contribution in [0.25, 0.3) is 11.2 Å². The van der Waals surface area contributed by atoms with Crippen molar-refractivity contribution in [3.63, 3.8) is 0 Å². The summed E-state index contributed by atoms with van der Waals surface area (Å²) in [5.74, 6) is 0.363. The van der Waals surface area contributed by atoms with E-state index in [1.165, 1.54) is 6.33 Å². The van der Waals surface area contributed by atoms with Crippen molar-refractivity contribution < 1.29 is 14.2 Å². The Kier molecular flexibility index (Phi) is 4.94. The molecule has 0 saturated carbocycles. The molecule has 0 amide bonds. The Morgan fingerprint density at radius 3 is 2.54 bits per heavy atom. The van der Waals surface area contributed by atoms with Gasteiger partial charge in [0.25, 0.3) is 0 Å². The molecule has 0 radical (unpaired) electrons. The number of fused-ring (bicyclic) bond motifs is 1. The monoisotopic (exact) mass is 363 g/mol. The number of hydrogen-bond acceptors (Lipinski definition) is 7. The first-order valence-electron chi connectivity index (χ1n) is 8.94. The van der Waals surface area contributed by atoms with Gasteiger partial charge in [0.2, 0.25) is 0 Å². The third kappa shape index (κ3) is 4.31. The van der Waals surface area contributed by atoms with E-state index in [2.05, 4.69) is 15.0 Å². The van der Waals surface area contributed by atoms with E-state index in [-0.39, 0.29) is 29.6 Å². The Labute approximate surface area is 154 Å². The van der Waals surface area contributed by atoms with Crippen molar-refractivity contribution in [1.29, 1.82) is 0 Å². The van der Waals surface area contributed by atoms with E-state index in [4.69, 9.17) is 19.9 Å². The lowest BCUT2D eigenvalue weighted by molar-refractivity contribution is -0.132. The lowest BCUT2D eigenvalue weighted by Crippen LogP contribution is -2.37. The fraction of sp³-hybridized carbons (Fsp3) is 0.722. The van der Waals surface area contributed by atoms with Crippen LogP contribution in [0.4, 0.5) is 5.82 Å². The van der Waals surface area contributed by atoms with Crippen molar-refractivity contribution in [2.24, 2.45) is 0 Å². The molecule has 1 aliphatic rings. The van der Waals surface area contributed by atoms with Crippen LogP contribution in [0.5, 0.6) is 0 Å². The predicted molar refractivity (Wildman–Crippen MR) is 98.6 cm³/mol. The summed E-state index contributed by atoms with van der Waals surface area (Å²) in [6, 6.07) is 0. The molecule has 0 unspecified atom stereocenters. The molecule has 144 valence electrons. The van der Waals surface area contributed by atoms with Crippen molar-refractivity contribution in [3.05, 3.63) is 12.7 Å². The molecule has 1 aliphatic heterocycles. The molecular formula is C18H29N5O3. The van der Waals surface area contributed by atoms with Gasteiger partial charge in [-0.05, 0) is 41.5 Å². The molecule has 0 aromatic carbocycles. The normalized spacial score (nSPS) is 24.5. The average molecular weight is 363 g/mol. The summed E-state index contributed by atoms with van der Waals surface area (Å²) >= 11 is 0. The summed E-state index contributed by atoms with van der Waals surface area (Å²) in [6.45, 7) is 12.7. The molecule has 3 atom stereocenters. The maximum Gasteiger partial charge on any atom is 0.167 e. The van der Waals surface area contributed by atoms with Gasteiger partial charge in [0, 0.05) is 6.42 Å². The summed E-state index contributed by atoms with van der Waals surface area (Å²) in [5.41, 5.74) is 6.62. The number of nitrogens with two attached hydrogens (primary N) is 1. The number of nitrogens with zero attached hydrogens (tertiary/aromatic N) is 4. The maximum atomic E-state index is 6.28. The SMILES string of the molecule is CC(C)(C)OC[C@H]1O[C@@H](n2cnc3c(N)ncnc32)C[C@H]1OC(C)(C)C. The quantitative estimate of drug-likeness (QED) is 0.892. The molecule has 3 rings (SSSR count). The van der Waals surface area contributed by atoms with Gasteiger partial charge >= 0.3 is 0 Å². The van der Waals surface area contributed by atoms with Crippen molar-refractivity contribution in [3.8, 4) is 0 Å². The molecule has 1 fully saturated rings. The topological polar surface area (TPSA) is 97.3 Å². The third-order valence-electron chi connectivity index (χ3n) is 4.06. The Bertz CT molecular complexity index is 762. The number of ether oxygens (including phenoxy) is 3.